The molecule has 2 aliphatic rings. The highest BCUT2D eigenvalue weighted by atomic mass is 32.2. The largest absolute Gasteiger partial charge is 0.340 e. The van der Waals surface area contributed by atoms with Gasteiger partial charge in [0.1, 0.15) is 0 Å². The van der Waals surface area contributed by atoms with Crippen LogP contribution in [0.2, 0.25) is 0 Å². The first-order valence-corrected chi connectivity index (χ1v) is 12.0. The van der Waals surface area contributed by atoms with Gasteiger partial charge in [0.05, 0.1) is 10.9 Å². The number of rotatable bonds is 5. The van der Waals surface area contributed by atoms with Crippen molar-refractivity contribution >= 4 is 15.9 Å². The Morgan fingerprint density at radius 2 is 1.60 bits per heavy atom. The molecule has 0 spiro atoms. The number of nitrogens with one attached hydrogen (secondary N) is 1. The number of nitrogens with zero attached hydrogens (tertiary/aromatic N) is 2. The average molecular weight is 428 g/mol. The summed E-state index contributed by atoms with van der Waals surface area (Å²) < 4.78 is 29.0. The van der Waals surface area contributed by atoms with Gasteiger partial charge in [0.2, 0.25) is 15.9 Å². The van der Waals surface area contributed by atoms with Crippen LogP contribution in [0.25, 0.3) is 0 Å². The zero-order chi connectivity index (χ0) is 21.3. The van der Waals surface area contributed by atoms with E-state index in [-0.39, 0.29) is 28.8 Å². The number of hydrogen-bond donors (Lipinski definition) is 1. The predicted molar refractivity (Wildman–Crippen MR) is 116 cm³/mol. The van der Waals surface area contributed by atoms with Crippen LogP contribution >= 0.6 is 0 Å². The first-order chi connectivity index (χ1) is 14.4. The number of carbonyl (C=O) groups excluding carboxylic acids is 1. The fraction of sp³-hybridized carbons (Fsp3) is 0.435. The van der Waals surface area contributed by atoms with Crippen molar-refractivity contribution in [3.05, 3.63) is 65.7 Å². The van der Waals surface area contributed by atoms with E-state index in [1.807, 2.05) is 36.9 Å². The second-order valence-electron chi connectivity index (χ2n) is 8.40. The molecular weight excluding hydrogens is 398 g/mol. The second-order valence-corrected chi connectivity index (χ2v) is 10.1. The minimum atomic E-state index is -3.61. The number of carbonyl (C=O) groups is 1. The fourth-order valence-corrected chi connectivity index (χ4v) is 5.85. The van der Waals surface area contributed by atoms with E-state index in [0.717, 1.165) is 13.1 Å². The number of sulfonamides is 1. The number of piperazine rings is 1. The zero-order valence-electron chi connectivity index (χ0n) is 17.5. The molecule has 0 bridgehead atoms. The lowest BCUT2D eigenvalue weighted by atomic mass is 10.0. The molecule has 2 atom stereocenters. The number of amides is 1. The van der Waals surface area contributed by atoms with Crippen molar-refractivity contribution in [1.29, 1.82) is 0 Å². The van der Waals surface area contributed by atoms with Crippen molar-refractivity contribution in [1.82, 2.24) is 14.5 Å². The molecule has 1 aliphatic carbocycles. The Labute approximate surface area is 178 Å². The van der Waals surface area contributed by atoms with Gasteiger partial charge >= 0.3 is 0 Å². The predicted octanol–water partition coefficient (Wildman–Crippen LogP) is 2.43. The van der Waals surface area contributed by atoms with Gasteiger partial charge in [-0.05, 0) is 29.7 Å². The van der Waals surface area contributed by atoms with Crippen LogP contribution in [0.4, 0.5) is 0 Å². The van der Waals surface area contributed by atoms with Gasteiger partial charge in [-0.1, -0.05) is 56.3 Å². The smallest absolute Gasteiger partial charge is 0.240 e. The Morgan fingerprint density at radius 1 is 0.967 bits per heavy atom. The molecule has 1 N–H and O–H groups in total. The van der Waals surface area contributed by atoms with Crippen LogP contribution in [-0.4, -0.2) is 56.3 Å². The van der Waals surface area contributed by atoms with Crippen molar-refractivity contribution in [3.63, 3.8) is 0 Å². The van der Waals surface area contributed by atoms with Gasteiger partial charge in [-0.2, -0.15) is 0 Å². The molecule has 2 aromatic rings. The molecule has 4 rings (SSSR count). The normalized spacial score (nSPS) is 22.3. The molecule has 7 heteroatoms. The maximum absolute atomic E-state index is 13.0. The molecule has 2 aromatic carbocycles. The summed E-state index contributed by atoms with van der Waals surface area (Å²) in [6.45, 7) is 6.68. The van der Waals surface area contributed by atoms with Crippen LogP contribution < -0.4 is 4.72 Å². The Bertz CT molecular complexity index is 999. The third-order valence-corrected chi connectivity index (χ3v) is 7.57. The standard InChI is InChI=1S/C23H29N3O3S/c1-17(2)23(27)26-14-12-25(13-15-26)22-20-11-7-6-8-18(20)16-21(22)24-30(28,29)19-9-4-3-5-10-19/h3-11,17,21-22,24H,12-16H2,1-2H3/t21-,22-/m1/s1. The van der Waals surface area contributed by atoms with Crippen LogP contribution in [0.15, 0.2) is 59.5 Å². The highest BCUT2D eigenvalue weighted by Gasteiger charge is 2.40. The van der Waals surface area contributed by atoms with Crippen molar-refractivity contribution in [2.75, 3.05) is 26.2 Å². The van der Waals surface area contributed by atoms with E-state index in [1.54, 1.807) is 24.3 Å². The average Bonchev–Trinajstić information content (AvgIpc) is 3.11. The summed E-state index contributed by atoms with van der Waals surface area (Å²) in [5, 5.41) is 0. The summed E-state index contributed by atoms with van der Waals surface area (Å²) in [7, 11) is -3.61. The van der Waals surface area contributed by atoms with Crippen molar-refractivity contribution in [3.8, 4) is 0 Å². The van der Waals surface area contributed by atoms with Crippen molar-refractivity contribution in [2.45, 2.75) is 37.2 Å². The molecule has 1 heterocycles. The number of benzene rings is 2. The van der Waals surface area contributed by atoms with E-state index in [9.17, 15) is 13.2 Å². The highest BCUT2D eigenvalue weighted by molar-refractivity contribution is 7.89. The maximum atomic E-state index is 13.0. The van der Waals surface area contributed by atoms with E-state index in [4.69, 9.17) is 0 Å². The topological polar surface area (TPSA) is 69.7 Å². The highest BCUT2D eigenvalue weighted by Crippen LogP contribution is 2.37. The summed E-state index contributed by atoms with van der Waals surface area (Å²) in [6.07, 6.45) is 0.665. The van der Waals surface area contributed by atoms with Crippen LogP contribution in [-0.2, 0) is 21.2 Å². The summed E-state index contributed by atoms with van der Waals surface area (Å²) >= 11 is 0. The molecule has 0 radical (unpaired) electrons. The third-order valence-electron chi connectivity index (χ3n) is 6.07. The summed E-state index contributed by atoms with van der Waals surface area (Å²) in [5.41, 5.74) is 2.37. The molecule has 1 amide bonds. The first-order valence-electron chi connectivity index (χ1n) is 10.5. The minimum absolute atomic E-state index is 0.00538. The number of fused-ring (bicyclic) bond motifs is 1. The molecule has 1 fully saturated rings. The molecule has 160 valence electrons. The van der Waals surface area contributed by atoms with E-state index < -0.39 is 10.0 Å². The maximum Gasteiger partial charge on any atom is 0.240 e. The van der Waals surface area contributed by atoms with Crippen LogP contribution in [0.3, 0.4) is 0 Å². The third kappa shape index (κ3) is 4.15. The van der Waals surface area contributed by atoms with Crippen LogP contribution in [0.5, 0.6) is 0 Å². The lowest BCUT2D eigenvalue weighted by molar-refractivity contribution is -0.136. The Morgan fingerprint density at radius 3 is 2.27 bits per heavy atom. The molecule has 1 aliphatic heterocycles. The van der Waals surface area contributed by atoms with Crippen molar-refractivity contribution in [2.24, 2.45) is 5.92 Å². The van der Waals surface area contributed by atoms with Gasteiger partial charge in [0.15, 0.2) is 0 Å². The SMILES string of the molecule is CC(C)C(=O)N1CCN([C@@H]2c3ccccc3C[C@H]2NS(=O)(=O)c2ccccc2)CC1. The molecule has 6 nitrogen and oxygen atoms in total. The molecule has 0 saturated carbocycles. The van der Waals surface area contributed by atoms with Gasteiger partial charge in [-0.25, -0.2) is 13.1 Å². The lowest BCUT2D eigenvalue weighted by Crippen LogP contribution is -2.53. The van der Waals surface area contributed by atoms with Crippen LogP contribution in [0.1, 0.15) is 31.0 Å². The van der Waals surface area contributed by atoms with E-state index in [0.29, 0.717) is 19.5 Å². The van der Waals surface area contributed by atoms with E-state index >= 15 is 0 Å². The molecular formula is C23H29N3O3S. The van der Waals surface area contributed by atoms with Gasteiger partial charge in [0, 0.05) is 38.1 Å². The van der Waals surface area contributed by atoms with Crippen LogP contribution in [0, 0.1) is 5.92 Å². The van der Waals surface area contributed by atoms with E-state index in [1.165, 1.54) is 11.1 Å². The lowest BCUT2D eigenvalue weighted by Gasteiger charge is -2.41. The van der Waals surface area contributed by atoms with Crippen molar-refractivity contribution < 1.29 is 13.2 Å². The second kappa shape index (κ2) is 8.49. The van der Waals surface area contributed by atoms with Gasteiger partial charge in [-0.15, -0.1) is 0 Å². The summed E-state index contributed by atoms with van der Waals surface area (Å²) in [5.74, 6) is 0.178. The molecule has 0 unspecified atom stereocenters. The minimum Gasteiger partial charge on any atom is -0.340 e. The Kier molecular flexibility index (Phi) is 5.95. The Balaban J connectivity index is 1.56. The number of hydrogen-bond acceptors (Lipinski definition) is 4. The monoisotopic (exact) mass is 427 g/mol. The Hall–Kier alpha value is -2.22. The van der Waals surface area contributed by atoms with Gasteiger partial charge in [-0.3, -0.25) is 9.69 Å². The first kappa shape index (κ1) is 21.0. The summed E-state index contributed by atoms with van der Waals surface area (Å²) in [4.78, 5) is 16.9. The molecule has 1 saturated heterocycles. The zero-order valence-corrected chi connectivity index (χ0v) is 18.3. The molecule has 0 aromatic heterocycles. The fourth-order valence-electron chi connectivity index (χ4n) is 4.58. The molecule has 30 heavy (non-hydrogen) atoms. The van der Waals surface area contributed by atoms with E-state index in [2.05, 4.69) is 21.8 Å². The summed E-state index contributed by atoms with van der Waals surface area (Å²) in [6, 6.07) is 16.5. The quantitative estimate of drug-likeness (QED) is 0.796. The van der Waals surface area contributed by atoms with Gasteiger partial charge < -0.3 is 4.90 Å². The van der Waals surface area contributed by atoms with Gasteiger partial charge in [0.25, 0.3) is 0 Å².